The molecule has 0 radical (unpaired) electrons. The van der Waals surface area contributed by atoms with Crippen molar-refractivity contribution in [1.82, 2.24) is 0 Å². The molecule has 1 rings (SSSR count). The van der Waals surface area contributed by atoms with Crippen molar-refractivity contribution in [2.24, 2.45) is 5.92 Å². The lowest BCUT2D eigenvalue weighted by Gasteiger charge is -2.15. The van der Waals surface area contributed by atoms with Gasteiger partial charge in [0.2, 0.25) is 8.03 Å². The van der Waals surface area contributed by atoms with Crippen molar-refractivity contribution in [3.63, 3.8) is 0 Å². The minimum absolute atomic E-state index is 0.128. The fourth-order valence-electron chi connectivity index (χ4n) is 1.94. The van der Waals surface area contributed by atoms with Crippen LogP contribution in [0.1, 0.15) is 32.1 Å². The third-order valence-electron chi connectivity index (χ3n) is 2.86. The highest BCUT2D eigenvalue weighted by Gasteiger charge is 2.32. The smallest absolute Gasteiger partial charge is 0.337 e. The number of rotatable bonds is 6. The van der Waals surface area contributed by atoms with E-state index in [1.807, 2.05) is 0 Å². The van der Waals surface area contributed by atoms with E-state index in [0.717, 1.165) is 19.3 Å². The molecule has 0 aromatic rings. The first-order chi connectivity index (χ1) is 7.41. The van der Waals surface area contributed by atoms with E-state index < -0.39 is 21.0 Å². The van der Waals surface area contributed by atoms with Gasteiger partial charge >= 0.3 is 7.60 Å². The summed E-state index contributed by atoms with van der Waals surface area (Å²) < 4.78 is 21.8. The molecule has 0 aliphatic heterocycles. The molecule has 0 spiro atoms. The number of hydrogen-bond acceptors (Lipinski definition) is 2. The molecule has 3 N–H and O–H groups in total. The summed E-state index contributed by atoms with van der Waals surface area (Å²) in [5.74, 6) is 0.471. The van der Waals surface area contributed by atoms with E-state index in [4.69, 9.17) is 14.7 Å². The molecular weight excluding hydrogens is 250 g/mol. The highest BCUT2D eigenvalue weighted by atomic mass is 31.2. The topological polar surface area (TPSA) is 94.8 Å². The highest BCUT2D eigenvalue weighted by molar-refractivity contribution is 7.65. The SMILES string of the molecule is O=[PH](O)C(CCCC1C=CCC1)P(=O)(O)O. The molecule has 0 aromatic carbocycles. The first-order valence-electron chi connectivity index (χ1n) is 5.36. The summed E-state index contributed by atoms with van der Waals surface area (Å²) >= 11 is 0. The maximum Gasteiger partial charge on any atom is 0.337 e. The van der Waals surface area contributed by atoms with Crippen LogP contribution in [0.3, 0.4) is 0 Å². The van der Waals surface area contributed by atoms with Gasteiger partial charge in [-0.3, -0.25) is 9.13 Å². The van der Waals surface area contributed by atoms with Gasteiger partial charge in [-0.1, -0.05) is 18.6 Å². The van der Waals surface area contributed by atoms with Crippen LogP contribution < -0.4 is 0 Å². The Balaban J connectivity index is 2.36. The fraction of sp³-hybridized carbons (Fsp3) is 0.778. The minimum Gasteiger partial charge on any atom is -0.346 e. The van der Waals surface area contributed by atoms with Gasteiger partial charge in [-0.05, 0) is 31.6 Å². The molecule has 0 saturated carbocycles. The van der Waals surface area contributed by atoms with Gasteiger partial charge in [0.25, 0.3) is 0 Å². The van der Waals surface area contributed by atoms with Crippen LogP contribution in [0.4, 0.5) is 0 Å². The van der Waals surface area contributed by atoms with Crippen molar-refractivity contribution in [3.8, 4) is 0 Å². The van der Waals surface area contributed by atoms with Gasteiger partial charge in [-0.2, -0.15) is 0 Å². The molecule has 0 fully saturated rings. The van der Waals surface area contributed by atoms with E-state index in [1.165, 1.54) is 0 Å². The predicted octanol–water partition coefficient (Wildman–Crippen LogP) is 2.09. The quantitative estimate of drug-likeness (QED) is 0.506. The van der Waals surface area contributed by atoms with Crippen molar-refractivity contribution in [2.45, 2.75) is 37.5 Å². The zero-order chi connectivity index (χ0) is 12.2. The standard InChI is InChI=1S/C9H18O5P2/c10-15(11)9(16(12,13)14)7-3-6-8-4-1-2-5-8/h1,4,8-9,15H,2-3,5-7H2,(H,10,11)(H2,12,13,14). The summed E-state index contributed by atoms with van der Waals surface area (Å²) in [7, 11) is -7.59. The van der Waals surface area contributed by atoms with Crippen LogP contribution >= 0.6 is 15.6 Å². The molecule has 0 bridgehead atoms. The molecule has 0 amide bonds. The Morgan fingerprint density at radius 3 is 2.62 bits per heavy atom. The Bertz CT molecular complexity index is 322. The van der Waals surface area contributed by atoms with E-state index >= 15 is 0 Å². The minimum atomic E-state index is -4.43. The summed E-state index contributed by atoms with van der Waals surface area (Å²) in [6.07, 6.45) is 7.89. The van der Waals surface area contributed by atoms with Gasteiger partial charge in [0.1, 0.15) is 5.40 Å². The summed E-state index contributed by atoms with van der Waals surface area (Å²) in [6, 6.07) is 0. The van der Waals surface area contributed by atoms with Gasteiger partial charge in [0.15, 0.2) is 0 Å². The zero-order valence-corrected chi connectivity index (χ0v) is 10.8. The summed E-state index contributed by atoms with van der Waals surface area (Å²) in [6.45, 7) is 0. The van der Waals surface area contributed by atoms with Crippen LogP contribution in [0.5, 0.6) is 0 Å². The van der Waals surface area contributed by atoms with Crippen LogP contribution in [-0.4, -0.2) is 20.1 Å². The van der Waals surface area contributed by atoms with Gasteiger partial charge in [-0.25, -0.2) is 0 Å². The number of allylic oxidation sites excluding steroid dienone is 2. The lowest BCUT2D eigenvalue weighted by molar-refractivity contribution is 0.360. The molecular formula is C9H18O5P2. The Hall–Kier alpha value is 0.0800. The molecule has 94 valence electrons. The van der Waals surface area contributed by atoms with Crippen molar-refractivity contribution in [3.05, 3.63) is 12.2 Å². The summed E-state index contributed by atoms with van der Waals surface area (Å²) in [4.78, 5) is 26.7. The molecule has 0 heterocycles. The second-order valence-electron chi connectivity index (χ2n) is 4.14. The van der Waals surface area contributed by atoms with Crippen molar-refractivity contribution in [1.29, 1.82) is 0 Å². The maximum atomic E-state index is 10.9. The van der Waals surface area contributed by atoms with Crippen LogP contribution in [0.25, 0.3) is 0 Å². The molecule has 0 saturated heterocycles. The average molecular weight is 268 g/mol. The van der Waals surface area contributed by atoms with Crippen molar-refractivity contribution < 1.29 is 23.8 Å². The third-order valence-corrected chi connectivity index (χ3v) is 6.46. The van der Waals surface area contributed by atoms with Gasteiger partial charge in [0.05, 0.1) is 0 Å². The molecule has 0 aromatic heterocycles. The summed E-state index contributed by atoms with van der Waals surface area (Å²) in [5, 5.41) is -1.36. The van der Waals surface area contributed by atoms with E-state index in [1.54, 1.807) is 0 Å². The highest BCUT2D eigenvalue weighted by Crippen LogP contribution is 2.54. The molecule has 7 heteroatoms. The largest absolute Gasteiger partial charge is 0.346 e. The van der Waals surface area contributed by atoms with Crippen LogP contribution in [0.15, 0.2) is 12.2 Å². The molecule has 5 nitrogen and oxygen atoms in total. The molecule has 1 aliphatic carbocycles. The lowest BCUT2D eigenvalue weighted by Crippen LogP contribution is -2.04. The van der Waals surface area contributed by atoms with Gasteiger partial charge < -0.3 is 14.7 Å². The van der Waals surface area contributed by atoms with Gasteiger partial charge in [-0.15, -0.1) is 0 Å². The fourth-order valence-corrected chi connectivity index (χ4v) is 4.07. The zero-order valence-electron chi connectivity index (χ0n) is 8.95. The number of hydrogen-bond donors (Lipinski definition) is 3. The normalized spacial score (nSPS) is 24.6. The third kappa shape index (κ3) is 4.52. The van der Waals surface area contributed by atoms with Crippen LogP contribution in [-0.2, 0) is 9.13 Å². The van der Waals surface area contributed by atoms with Crippen LogP contribution in [0.2, 0.25) is 0 Å². The first-order valence-corrected chi connectivity index (χ1v) is 8.47. The lowest BCUT2D eigenvalue weighted by atomic mass is 10.0. The molecule has 16 heavy (non-hydrogen) atoms. The Morgan fingerprint density at radius 2 is 2.19 bits per heavy atom. The molecule has 3 unspecified atom stereocenters. The van der Waals surface area contributed by atoms with Gasteiger partial charge in [0, 0.05) is 0 Å². The van der Waals surface area contributed by atoms with E-state index in [2.05, 4.69) is 12.2 Å². The maximum absolute atomic E-state index is 10.9. The van der Waals surface area contributed by atoms with E-state index in [0.29, 0.717) is 12.3 Å². The molecule has 3 atom stereocenters. The van der Waals surface area contributed by atoms with Crippen LogP contribution in [0, 0.1) is 5.92 Å². The van der Waals surface area contributed by atoms with Crippen molar-refractivity contribution >= 4 is 15.6 Å². The Morgan fingerprint density at radius 1 is 1.50 bits per heavy atom. The summed E-state index contributed by atoms with van der Waals surface area (Å²) in [5.41, 5.74) is 0. The average Bonchev–Trinajstić information content (AvgIpc) is 2.61. The monoisotopic (exact) mass is 268 g/mol. The molecule has 1 aliphatic rings. The first kappa shape index (κ1) is 14.1. The van der Waals surface area contributed by atoms with Crippen molar-refractivity contribution in [2.75, 3.05) is 0 Å². The van der Waals surface area contributed by atoms with E-state index in [-0.39, 0.29) is 6.42 Å². The Kier molecular flexibility index (Phi) is 5.42. The van der Waals surface area contributed by atoms with E-state index in [9.17, 15) is 9.13 Å². The second kappa shape index (κ2) is 6.13. The Labute approximate surface area is 95.6 Å². The second-order valence-corrected chi connectivity index (χ2v) is 7.80. The predicted molar refractivity (Wildman–Crippen MR) is 62.8 cm³/mol.